The first-order valence-electron chi connectivity index (χ1n) is 6.54. The Morgan fingerprint density at radius 1 is 1.18 bits per heavy atom. The minimum absolute atomic E-state index is 0.440. The van der Waals surface area contributed by atoms with Crippen molar-refractivity contribution in [3.05, 3.63) is 29.8 Å². The minimum Gasteiger partial charge on any atom is -0.371 e. The van der Waals surface area contributed by atoms with Gasteiger partial charge in [-0.1, -0.05) is 32.9 Å². The molecule has 1 fully saturated rings. The Kier molecular flexibility index (Phi) is 3.43. The van der Waals surface area contributed by atoms with Crippen molar-refractivity contribution in [2.75, 3.05) is 24.5 Å². The molecule has 1 aliphatic heterocycles. The van der Waals surface area contributed by atoms with E-state index in [1.807, 2.05) is 0 Å². The molecule has 17 heavy (non-hydrogen) atoms. The molecule has 94 valence electrons. The number of nitrogens with two attached hydrogens (primary N) is 1. The largest absolute Gasteiger partial charge is 0.371 e. The van der Waals surface area contributed by atoms with E-state index in [0.29, 0.717) is 5.41 Å². The van der Waals surface area contributed by atoms with E-state index in [9.17, 15) is 0 Å². The summed E-state index contributed by atoms with van der Waals surface area (Å²) in [6, 6.07) is 8.85. The molecule has 2 N–H and O–H groups in total. The highest BCUT2D eigenvalue weighted by Gasteiger charge is 2.35. The van der Waals surface area contributed by atoms with E-state index in [1.165, 1.54) is 24.3 Å². The van der Waals surface area contributed by atoms with E-state index in [1.54, 1.807) is 0 Å². The molecule has 0 aromatic heterocycles. The van der Waals surface area contributed by atoms with Crippen LogP contribution in [0.5, 0.6) is 0 Å². The van der Waals surface area contributed by atoms with Crippen molar-refractivity contribution in [3.63, 3.8) is 0 Å². The van der Waals surface area contributed by atoms with Gasteiger partial charge < -0.3 is 10.6 Å². The van der Waals surface area contributed by atoms with Crippen LogP contribution in [-0.2, 0) is 6.42 Å². The molecule has 1 aromatic carbocycles. The van der Waals surface area contributed by atoms with Gasteiger partial charge in [-0.15, -0.1) is 0 Å². The molecule has 0 aliphatic carbocycles. The Hall–Kier alpha value is -1.02. The number of benzene rings is 1. The van der Waals surface area contributed by atoms with Gasteiger partial charge in [-0.2, -0.15) is 0 Å². The monoisotopic (exact) mass is 232 g/mol. The molecule has 1 aromatic rings. The number of hydrogen-bond donors (Lipinski definition) is 1. The first-order chi connectivity index (χ1) is 8.00. The number of hydrogen-bond acceptors (Lipinski definition) is 2. The molecule has 1 saturated heterocycles. The summed E-state index contributed by atoms with van der Waals surface area (Å²) in [6.07, 6.45) is 0.977. The molecule has 0 amide bonds. The Balaban J connectivity index is 1.93. The van der Waals surface area contributed by atoms with Gasteiger partial charge in [0.15, 0.2) is 0 Å². The van der Waals surface area contributed by atoms with Crippen LogP contribution in [0, 0.1) is 11.3 Å². The topological polar surface area (TPSA) is 29.3 Å². The Morgan fingerprint density at radius 2 is 1.76 bits per heavy atom. The lowest BCUT2D eigenvalue weighted by atomic mass is 9.76. The Morgan fingerprint density at radius 3 is 2.24 bits per heavy atom. The second kappa shape index (κ2) is 4.69. The predicted molar refractivity (Wildman–Crippen MR) is 74.4 cm³/mol. The molecule has 0 saturated carbocycles. The molecule has 0 spiro atoms. The SMILES string of the molecule is CC(C)(C)C1CN(c2ccc(CCN)cc2)C1. The average molecular weight is 232 g/mol. The Bertz CT molecular complexity index is 356. The Labute approximate surface area is 105 Å². The highest BCUT2D eigenvalue weighted by molar-refractivity contribution is 5.50. The van der Waals surface area contributed by atoms with Crippen LogP contribution in [-0.4, -0.2) is 19.6 Å². The molecule has 1 heterocycles. The van der Waals surface area contributed by atoms with E-state index < -0.39 is 0 Å². The first kappa shape index (κ1) is 12.4. The molecule has 2 heteroatoms. The zero-order valence-corrected chi connectivity index (χ0v) is 11.2. The van der Waals surface area contributed by atoms with Gasteiger partial charge in [-0.05, 0) is 42.0 Å². The summed E-state index contributed by atoms with van der Waals surface area (Å²) in [5.74, 6) is 0.825. The third-order valence-corrected chi connectivity index (χ3v) is 3.84. The van der Waals surface area contributed by atoms with Crippen LogP contribution >= 0.6 is 0 Å². The fourth-order valence-corrected chi connectivity index (χ4v) is 2.28. The van der Waals surface area contributed by atoms with E-state index in [-0.39, 0.29) is 0 Å². The summed E-state index contributed by atoms with van der Waals surface area (Å²) in [4.78, 5) is 2.46. The summed E-state index contributed by atoms with van der Waals surface area (Å²) >= 11 is 0. The van der Waals surface area contributed by atoms with Crippen LogP contribution in [0.1, 0.15) is 26.3 Å². The fourth-order valence-electron chi connectivity index (χ4n) is 2.28. The van der Waals surface area contributed by atoms with E-state index in [2.05, 4.69) is 49.9 Å². The second-order valence-corrected chi connectivity index (χ2v) is 6.17. The molecular formula is C15H24N2. The summed E-state index contributed by atoms with van der Waals surface area (Å²) < 4.78 is 0. The highest BCUT2D eigenvalue weighted by Crippen LogP contribution is 2.36. The van der Waals surface area contributed by atoms with E-state index in [0.717, 1.165) is 18.9 Å². The predicted octanol–water partition coefficient (Wildman–Crippen LogP) is 2.67. The first-order valence-corrected chi connectivity index (χ1v) is 6.54. The summed E-state index contributed by atoms with van der Waals surface area (Å²) in [6.45, 7) is 10.1. The van der Waals surface area contributed by atoms with Crippen molar-refractivity contribution in [2.45, 2.75) is 27.2 Å². The molecule has 0 unspecified atom stereocenters. The smallest absolute Gasteiger partial charge is 0.0366 e. The van der Waals surface area contributed by atoms with Gasteiger partial charge in [0.2, 0.25) is 0 Å². The number of rotatable bonds is 3. The van der Waals surface area contributed by atoms with Gasteiger partial charge in [0, 0.05) is 18.8 Å². The zero-order chi connectivity index (χ0) is 12.5. The maximum atomic E-state index is 5.55. The van der Waals surface area contributed by atoms with Gasteiger partial charge >= 0.3 is 0 Å². The molecule has 1 aliphatic rings. The van der Waals surface area contributed by atoms with Gasteiger partial charge in [0.25, 0.3) is 0 Å². The average Bonchev–Trinajstić information content (AvgIpc) is 2.16. The lowest BCUT2D eigenvalue weighted by Crippen LogP contribution is -2.52. The molecular weight excluding hydrogens is 208 g/mol. The van der Waals surface area contributed by atoms with Gasteiger partial charge in [-0.25, -0.2) is 0 Å². The van der Waals surface area contributed by atoms with Crippen molar-refractivity contribution in [2.24, 2.45) is 17.1 Å². The summed E-state index contributed by atoms with van der Waals surface area (Å²) in [5.41, 5.74) is 8.68. The van der Waals surface area contributed by atoms with E-state index in [4.69, 9.17) is 5.73 Å². The summed E-state index contributed by atoms with van der Waals surface area (Å²) in [5, 5.41) is 0. The van der Waals surface area contributed by atoms with Crippen molar-refractivity contribution in [1.29, 1.82) is 0 Å². The minimum atomic E-state index is 0.440. The van der Waals surface area contributed by atoms with Crippen molar-refractivity contribution < 1.29 is 0 Å². The quantitative estimate of drug-likeness (QED) is 0.868. The maximum absolute atomic E-state index is 5.55. The highest BCUT2D eigenvalue weighted by atomic mass is 15.2. The van der Waals surface area contributed by atoms with Crippen LogP contribution in [0.2, 0.25) is 0 Å². The van der Waals surface area contributed by atoms with Crippen LogP contribution < -0.4 is 10.6 Å². The lowest BCUT2D eigenvalue weighted by molar-refractivity contribution is 0.195. The van der Waals surface area contributed by atoms with Crippen molar-refractivity contribution in [3.8, 4) is 0 Å². The van der Waals surface area contributed by atoms with Gasteiger partial charge in [-0.3, -0.25) is 0 Å². The van der Waals surface area contributed by atoms with Crippen LogP contribution in [0.25, 0.3) is 0 Å². The number of anilines is 1. The molecule has 0 bridgehead atoms. The fraction of sp³-hybridized carbons (Fsp3) is 0.600. The third-order valence-electron chi connectivity index (χ3n) is 3.84. The molecule has 2 nitrogen and oxygen atoms in total. The van der Waals surface area contributed by atoms with Crippen LogP contribution in [0.15, 0.2) is 24.3 Å². The van der Waals surface area contributed by atoms with Crippen LogP contribution in [0.3, 0.4) is 0 Å². The lowest BCUT2D eigenvalue weighted by Gasteiger charge is -2.47. The third kappa shape index (κ3) is 2.81. The molecule has 0 radical (unpaired) electrons. The number of nitrogens with zero attached hydrogens (tertiary/aromatic N) is 1. The standard InChI is InChI=1S/C15H24N2/c1-15(2,3)13-10-17(11-13)14-6-4-12(5-7-14)8-9-16/h4-7,13H,8-11,16H2,1-3H3. The van der Waals surface area contributed by atoms with Crippen LogP contribution in [0.4, 0.5) is 5.69 Å². The van der Waals surface area contributed by atoms with Gasteiger partial charge in [0.05, 0.1) is 0 Å². The zero-order valence-electron chi connectivity index (χ0n) is 11.2. The van der Waals surface area contributed by atoms with E-state index >= 15 is 0 Å². The maximum Gasteiger partial charge on any atom is 0.0366 e. The summed E-state index contributed by atoms with van der Waals surface area (Å²) in [7, 11) is 0. The van der Waals surface area contributed by atoms with Crippen molar-refractivity contribution in [1.82, 2.24) is 0 Å². The molecule has 2 rings (SSSR count). The molecule has 0 atom stereocenters. The van der Waals surface area contributed by atoms with Crippen molar-refractivity contribution >= 4 is 5.69 Å². The second-order valence-electron chi connectivity index (χ2n) is 6.17. The normalized spacial score (nSPS) is 17.1. The van der Waals surface area contributed by atoms with Gasteiger partial charge in [0.1, 0.15) is 0 Å².